The van der Waals surface area contributed by atoms with E-state index in [2.05, 4.69) is 20.7 Å². The van der Waals surface area contributed by atoms with Gasteiger partial charge in [0.1, 0.15) is 6.04 Å². The maximum Gasteiger partial charge on any atom is 0.416 e. The lowest BCUT2D eigenvalue weighted by Crippen LogP contribution is -2.23. The number of methoxy groups -OCH3 is 1. The number of ether oxygens (including phenoxy) is 1. The number of rotatable bonds is 2. The molecule has 1 atom stereocenters. The number of esters is 1. The third-order valence-electron chi connectivity index (χ3n) is 2.11. The number of carbonyl (C=O) groups excluding carboxylic acids is 1. The Hall–Kier alpha value is -1.08. The molecule has 17 heavy (non-hydrogen) atoms. The highest BCUT2D eigenvalue weighted by molar-refractivity contribution is 9.10. The van der Waals surface area contributed by atoms with Crippen LogP contribution in [0.1, 0.15) is 17.2 Å². The molecule has 0 fully saturated rings. The summed E-state index contributed by atoms with van der Waals surface area (Å²) in [6, 6.07) is 1.67. The summed E-state index contributed by atoms with van der Waals surface area (Å²) in [5.74, 6) is -0.801. The number of hydrogen-bond donors (Lipinski definition) is 1. The second kappa shape index (κ2) is 5.05. The molecule has 0 saturated carbocycles. The zero-order valence-corrected chi connectivity index (χ0v) is 10.3. The average molecular weight is 312 g/mol. The molecule has 0 aromatic heterocycles. The molecule has 0 spiro atoms. The normalized spacial score (nSPS) is 13.3. The average Bonchev–Trinajstić information content (AvgIpc) is 2.26. The van der Waals surface area contributed by atoms with Crippen LogP contribution in [0, 0.1) is 0 Å². The van der Waals surface area contributed by atoms with Gasteiger partial charge < -0.3 is 10.5 Å². The van der Waals surface area contributed by atoms with Gasteiger partial charge >= 0.3 is 12.1 Å². The van der Waals surface area contributed by atoms with E-state index >= 15 is 0 Å². The van der Waals surface area contributed by atoms with Gasteiger partial charge in [0.25, 0.3) is 0 Å². The van der Waals surface area contributed by atoms with E-state index in [1.165, 1.54) is 6.07 Å². The molecule has 2 N–H and O–H groups in total. The Morgan fingerprint density at radius 2 is 2.06 bits per heavy atom. The summed E-state index contributed by atoms with van der Waals surface area (Å²) < 4.78 is 42.1. The molecule has 7 heteroatoms. The summed E-state index contributed by atoms with van der Waals surface area (Å²) in [6.07, 6.45) is -4.48. The zero-order valence-electron chi connectivity index (χ0n) is 8.72. The van der Waals surface area contributed by atoms with Crippen molar-refractivity contribution in [1.82, 2.24) is 0 Å². The van der Waals surface area contributed by atoms with Gasteiger partial charge in [-0.25, -0.2) is 0 Å². The highest BCUT2D eigenvalue weighted by Gasteiger charge is 2.32. The lowest BCUT2D eigenvalue weighted by molar-refractivity contribution is -0.143. The molecule has 0 saturated heterocycles. The van der Waals surface area contributed by atoms with E-state index in [1.807, 2.05) is 0 Å². The van der Waals surface area contributed by atoms with Crippen LogP contribution >= 0.6 is 15.9 Å². The van der Waals surface area contributed by atoms with Gasteiger partial charge in [-0.1, -0.05) is 15.9 Å². The maximum absolute atomic E-state index is 12.5. The van der Waals surface area contributed by atoms with Gasteiger partial charge in [0.15, 0.2) is 0 Å². The summed E-state index contributed by atoms with van der Waals surface area (Å²) in [7, 11) is 1.11. The molecule has 0 heterocycles. The highest BCUT2D eigenvalue weighted by Crippen LogP contribution is 2.33. The molecule has 0 amide bonds. The molecule has 1 rings (SSSR count). The first kappa shape index (κ1) is 14.0. The van der Waals surface area contributed by atoms with E-state index < -0.39 is 23.8 Å². The summed E-state index contributed by atoms with van der Waals surface area (Å²) >= 11 is 3.04. The van der Waals surface area contributed by atoms with Crippen LogP contribution in [0.25, 0.3) is 0 Å². The minimum atomic E-state index is -4.48. The second-order valence-electron chi connectivity index (χ2n) is 3.23. The molecule has 0 bridgehead atoms. The quantitative estimate of drug-likeness (QED) is 0.854. The number of benzene rings is 1. The van der Waals surface area contributed by atoms with Crippen LogP contribution in [0.15, 0.2) is 22.7 Å². The molecule has 0 aliphatic rings. The Bertz CT molecular complexity index is 434. The molecule has 0 unspecified atom stereocenters. The van der Waals surface area contributed by atoms with Crippen molar-refractivity contribution in [2.75, 3.05) is 7.11 Å². The van der Waals surface area contributed by atoms with E-state index in [1.54, 1.807) is 0 Å². The Labute approximate surface area is 104 Å². The largest absolute Gasteiger partial charge is 0.468 e. The third kappa shape index (κ3) is 3.19. The first-order valence-corrected chi connectivity index (χ1v) is 5.26. The predicted octanol–water partition coefficient (Wildman–Crippen LogP) is 2.64. The van der Waals surface area contributed by atoms with Crippen LogP contribution in [0.4, 0.5) is 13.2 Å². The third-order valence-corrected chi connectivity index (χ3v) is 2.84. The van der Waals surface area contributed by atoms with Crippen LogP contribution in [0.5, 0.6) is 0 Å². The molecule has 0 aliphatic carbocycles. The smallest absolute Gasteiger partial charge is 0.416 e. The minimum Gasteiger partial charge on any atom is -0.468 e. The fourth-order valence-electron chi connectivity index (χ4n) is 1.21. The van der Waals surface area contributed by atoms with Gasteiger partial charge in [-0.15, -0.1) is 0 Å². The van der Waals surface area contributed by atoms with E-state index in [0.29, 0.717) is 4.47 Å². The summed E-state index contributed by atoms with van der Waals surface area (Å²) in [4.78, 5) is 11.2. The van der Waals surface area contributed by atoms with E-state index in [9.17, 15) is 18.0 Å². The SMILES string of the molecule is COC(=O)[C@@H](N)c1cc(C(F)(F)F)ccc1Br. The van der Waals surface area contributed by atoms with Crippen molar-refractivity contribution < 1.29 is 22.7 Å². The number of carbonyl (C=O) groups is 1. The van der Waals surface area contributed by atoms with Crippen LogP contribution < -0.4 is 5.73 Å². The summed E-state index contributed by atoms with van der Waals surface area (Å²) in [5.41, 5.74) is 4.66. The van der Waals surface area contributed by atoms with Gasteiger partial charge in [0.05, 0.1) is 12.7 Å². The topological polar surface area (TPSA) is 52.3 Å². The number of alkyl halides is 3. The fourth-order valence-corrected chi connectivity index (χ4v) is 1.71. The van der Waals surface area contributed by atoms with Crippen molar-refractivity contribution in [1.29, 1.82) is 0 Å². The number of hydrogen-bond acceptors (Lipinski definition) is 3. The van der Waals surface area contributed by atoms with Crippen molar-refractivity contribution in [3.63, 3.8) is 0 Å². The first-order chi connectivity index (χ1) is 7.77. The van der Waals surface area contributed by atoms with E-state index in [4.69, 9.17) is 5.73 Å². The van der Waals surface area contributed by atoms with Gasteiger partial charge in [0, 0.05) is 4.47 Å². The van der Waals surface area contributed by atoms with Crippen molar-refractivity contribution in [2.24, 2.45) is 5.73 Å². The van der Waals surface area contributed by atoms with Crippen LogP contribution in [-0.4, -0.2) is 13.1 Å². The molecule has 3 nitrogen and oxygen atoms in total. The molecule has 1 aromatic rings. The van der Waals surface area contributed by atoms with Crippen molar-refractivity contribution in [3.05, 3.63) is 33.8 Å². The zero-order chi connectivity index (χ0) is 13.2. The standard InChI is InChI=1S/C10H9BrF3NO2/c1-17-9(16)8(15)6-4-5(10(12,13)14)2-3-7(6)11/h2-4,8H,15H2,1H3/t8-/m0/s1. The number of nitrogens with two attached hydrogens (primary N) is 1. The lowest BCUT2D eigenvalue weighted by Gasteiger charge is -2.14. The lowest BCUT2D eigenvalue weighted by atomic mass is 10.0. The molecular weight excluding hydrogens is 303 g/mol. The van der Waals surface area contributed by atoms with Crippen LogP contribution in [-0.2, 0) is 15.7 Å². The summed E-state index contributed by atoms with van der Waals surface area (Å²) in [6.45, 7) is 0. The Morgan fingerprint density at radius 1 is 1.47 bits per heavy atom. The molecule has 94 valence electrons. The molecule has 1 aromatic carbocycles. The second-order valence-corrected chi connectivity index (χ2v) is 4.09. The van der Waals surface area contributed by atoms with Gasteiger partial charge in [-0.2, -0.15) is 13.2 Å². The highest BCUT2D eigenvalue weighted by atomic mass is 79.9. The monoisotopic (exact) mass is 311 g/mol. The first-order valence-electron chi connectivity index (χ1n) is 4.47. The molecule has 0 aliphatic heterocycles. The fraction of sp³-hybridized carbons (Fsp3) is 0.300. The minimum absolute atomic E-state index is 0.0340. The Morgan fingerprint density at radius 3 is 2.53 bits per heavy atom. The Kier molecular flexibility index (Phi) is 4.16. The van der Waals surface area contributed by atoms with E-state index in [-0.39, 0.29) is 5.56 Å². The van der Waals surface area contributed by atoms with Gasteiger partial charge in [-0.3, -0.25) is 4.79 Å². The number of halogens is 4. The molecular formula is C10H9BrF3NO2. The van der Waals surface area contributed by atoms with Gasteiger partial charge in [0.2, 0.25) is 0 Å². The predicted molar refractivity (Wildman–Crippen MR) is 58.1 cm³/mol. The van der Waals surface area contributed by atoms with Crippen molar-refractivity contribution in [3.8, 4) is 0 Å². The van der Waals surface area contributed by atoms with Crippen LogP contribution in [0.3, 0.4) is 0 Å². The van der Waals surface area contributed by atoms with Gasteiger partial charge in [-0.05, 0) is 23.8 Å². The Balaban J connectivity index is 3.20. The van der Waals surface area contributed by atoms with Crippen molar-refractivity contribution in [2.45, 2.75) is 12.2 Å². The molecule has 0 radical (unpaired) electrons. The maximum atomic E-state index is 12.5. The van der Waals surface area contributed by atoms with E-state index in [0.717, 1.165) is 19.2 Å². The summed E-state index contributed by atoms with van der Waals surface area (Å²) in [5, 5.41) is 0. The van der Waals surface area contributed by atoms with Crippen LogP contribution in [0.2, 0.25) is 0 Å². The van der Waals surface area contributed by atoms with Crippen molar-refractivity contribution >= 4 is 21.9 Å².